The second-order valence-electron chi connectivity index (χ2n) is 2.88. The van der Waals surface area contributed by atoms with Crippen molar-refractivity contribution in [3.8, 4) is 0 Å². The predicted octanol–water partition coefficient (Wildman–Crippen LogP) is 0.720. The molecule has 0 aliphatic heterocycles. The molecule has 13 heavy (non-hydrogen) atoms. The summed E-state index contributed by atoms with van der Waals surface area (Å²) in [4.78, 5) is 10.8. The minimum atomic E-state index is -0.451. The van der Waals surface area contributed by atoms with Crippen molar-refractivity contribution < 1.29 is 9.90 Å². The van der Waals surface area contributed by atoms with Gasteiger partial charge in [-0.2, -0.15) is 0 Å². The Hall–Kier alpha value is -1.35. The van der Waals surface area contributed by atoms with Gasteiger partial charge in [-0.05, 0) is 17.7 Å². The topological polar surface area (TPSA) is 63.3 Å². The molecule has 1 amide bonds. The third kappa shape index (κ3) is 2.29. The molecule has 1 rings (SSSR count). The van der Waals surface area contributed by atoms with E-state index in [9.17, 15) is 4.79 Å². The molecule has 1 aromatic carbocycles. The number of primary amides is 1. The highest BCUT2D eigenvalue weighted by molar-refractivity contribution is 5.93. The van der Waals surface area contributed by atoms with Crippen LogP contribution < -0.4 is 5.73 Å². The molecule has 0 aliphatic rings. The average Bonchev–Trinajstić information content (AvgIpc) is 2.17. The van der Waals surface area contributed by atoms with E-state index in [0.717, 1.165) is 11.5 Å². The van der Waals surface area contributed by atoms with Crippen molar-refractivity contribution in [1.82, 2.24) is 0 Å². The standard InChI is InChI=1S/C10H12NO2/c1-7(6-12)8-3-2-4-9(5-8)10(11)13/h2-5,12H,6H2,1H3,(H2,11,13). The van der Waals surface area contributed by atoms with Crippen LogP contribution in [0.4, 0.5) is 0 Å². The van der Waals surface area contributed by atoms with Crippen LogP contribution in [0.5, 0.6) is 0 Å². The minimum Gasteiger partial charge on any atom is -0.395 e. The highest BCUT2D eigenvalue weighted by Crippen LogP contribution is 2.14. The summed E-state index contributed by atoms with van der Waals surface area (Å²) in [5.41, 5.74) is 6.42. The Morgan fingerprint density at radius 3 is 2.62 bits per heavy atom. The summed E-state index contributed by atoms with van der Waals surface area (Å²) < 4.78 is 0. The van der Waals surface area contributed by atoms with E-state index in [1.54, 1.807) is 25.1 Å². The molecule has 1 aromatic rings. The molecule has 0 spiro atoms. The van der Waals surface area contributed by atoms with Crippen LogP contribution in [0.3, 0.4) is 0 Å². The van der Waals surface area contributed by atoms with Gasteiger partial charge in [-0.1, -0.05) is 19.1 Å². The molecular formula is C10H12NO2. The van der Waals surface area contributed by atoms with Crippen LogP contribution in [0.15, 0.2) is 24.3 Å². The van der Waals surface area contributed by atoms with Crippen molar-refractivity contribution in [2.75, 3.05) is 6.61 Å². The van der Waals surface area contributed by atoms with Crippen LogP contribution >= 0.6 is 0 Å². The van der Waals surface area contributed by atoms with Crippen molar-refractivity contribution >= 4 is 5.91 Å². The summed E-state index contributed by atoms with van der Waals surface area (Å²) in [6.07, 6.45) is 0. The normalized spacial score (nSPS) is 10.4. The first-order valence-corrected chi connectivity index (χ1v) is 3.98. The number of amides is 1. The number of aliphatic hydroxyl groups is 1. The van der Waals surface area contributed by atoms with Gasteiger partial charge >= 0.3 is 0 Å². The lowest BCUT2D eigenvalue weighted by molar-refractivity contribution is 0.1000. The largest absolute Gasteiger partial charge is 0.395 e. The lowest BCUT2D eigenvalue weighted by Gasteiger charge is -2.07. The summed E-state index contributed by atoms with van der Waals surface area (Å²) in [7, 11) is 0. The maximum Gasteiger partial charge on any atom is 0.248 e. The molecular weight excluding hydrogens is 166 g/mol. The second-order valence-corrected chi connectivity index (χ2v) is 2.88. The third-order valence-corrected chi connectivity index (χ3v) is 1.88. The predicted molar refractivity (Wildman–Crippen MR) is 50.1 cm³/mol. The molecule has 69 valence electrons. The van der Waals surface area contributed by atoms with E-state index in [2.05, 4.69) is 0 Å². The maximum atomic E-state index is 10.8. The molecule has 0 aromatic heterocycles. The fourth-order valence-electron chi connectivity index (χ4n) is 1.03. The molecule has 0 unspecified atom stereocenters. The van der Waals surface area contributed by atoms with Crippen molar-refractivity contribution in [2.45, 2.75) is 6.92 Å². The SMILES string of the molecule is C[C](CO)c1cccc(C(N)=O)c1. The zero-order chi connectivity index (χ0) is 9.84. The zero-order valence-electron chi connectivity index (χ0n) is 7.45. The van der Waals surface area contributed by atoms with Gasteiger partial charge in [0.1, 0.15) is 0 Å². The molecule has 3 heteroatoms. The number of hydrogen-bond donors (Lipinski definition) is 2. The molecule has 0 aliphatic carbocycles. The fourth-order valence-corrected chi connectivity index (χ4v) is 1.03. The molecule has 0 fully saturated rings. The Kier molecular flexibility index (Phi) is 3.03. The monoisotopic (exact) mass is 178 g/mol. The first kappa shape index (κ1) is 9.74. The number of benzene rings is 1. The van der Waals surface area contributed by atoms with E-state index in [0.29, 0.717) is 5.56 Å². The number of hydrogen-bond acceptors (Lipinski definition) is 2. The maximum absolute atomic E-state index is 10.8. The number of aliphatic hydroxyl groups excluding tert-OH is 1. The Morgan fingerprint density at radius 2 is 2.08 bits per heavy atom. The minimum absolute atomic E-state index is 0.0117. The van der Waals surface area contributed by atoms with Gasteiger partial charge in [-0.25, -0.2) is 0 Å². The van der Waals surface area contributed by atoms with Crippen molar-refractivity contribution in [3.05, 3.63) is 41.3 Å². The van der Waals surface area contributed by atoms with Gasteiger partial charge in [0.05, 0.1) is 6.61 Å². The van der Waals surface area contributed by atoms with E-state index in [-0.39, 0.29) is 6.61 Å². The van der Waals surface area contributed by atoms with Gasteiger partial charge in [-0.3, -0.25) is 4.79 Å². The quantitative estimate of drug-likeness (QED) is 0.716. The molecule has 3 N–H and O–H groups in total. The average molecular weight is 178 g/mol. The fraction of sp³-hybridized carbons (Fsp3) is 0.200. The number of carbonyl (C=O) groups excluding carboxylic acids is 1. The number of carbonyl (C=O) groups is 1. The molecule has 3 nitrogen and oxygen atoms in total. The van der Waals surface area contributed by atoms with Gasteiger partial charge in [0.15, 0.2) is 0 Å². The summed E-state index contributed by atoms with van der Waals surface area (Å²) in [5, 5.41) is 8.86. The summed E-state index contributed by atoms with van der Waals surface area (Å²) >= 11 is 0. The van der Waals surface area contributed by atoms with Crippen molar-refractivity contribution in [2.24, 2.45) is 5.73 Å². The van der Waals surface area contributed by atoms with Crippen LogP contribution in [0, 0.1) is 5.92 Å². The second kappa shape index (κ2) is 4.05. The van der Waals surface area contributed by atoms with Gasteiger partial charge in [0, 0.05) is 11.5 Å². The Bertz CT molecular complexity index is 310. The van der Waals surface area contributed by atoms with Crippen LogP contribution in [0.2, 0.25) is 0 Å². The molecule has 0 saturated heterocycles. The van der Waals surface area contributed by atoms with E-state index in [1.165, 1.54) is 0 Å². The number of nitrogens with two attached hydrogens (primary N) is 1. The lowest BCUT2D eigenvalue weighted by atomic mass is 10.00. The zero-order valence-corrected chi connectivity index (χ0v) is 7.45. The Labute approximate surface area is 77.2 Å². The Morgan fingerprint density at radius 1 is 1.46 bits per heavy atom. The molecule has 0 heterocycles. The smallest absolute Gasteiger partial charge is 0.248 e. The van der Waals surface area contributed by atoms with Gasteiger partial charge in [0.2, 0.25) is 5.91 Å². The van der Waals surface area contributed by atoms with Gasteiger partial charge < -0.3 is 10.8 Å². The van der Waals surface area contributed by atoms with Crippen LogP contribution in [-0.2, 0) is 0 Å². The summed E-state index contributed by atoms with van der Waals surface area (Å²) in [6.45, 7) is 1.79. The van der Waals surface area contributed by atoms with Gasteiger partial charge in [-0.15, -0.1) is 0 Å². The van der Waals surface area contributed by atoms with Gasteiger partial charge in [0.25, 0.3) is 0 Å². The molecule has 1 radical (unpaired) electrons. The van der Waals surface area contributed by atoms with E-state index < -0.39 is 5.91 Å². The first-order valence-electron chi connectivity index (χ1n) is 3.98. The summed E-state index contributed by atoms with van der Waals surface area (Å²) in [5.74, 6) is 0.371. The highest BCUT2D eigenvalue weighted by Gasteiger charge is 2.06. The van der Waals surface area contributed by atoms with E-state index >= 15 is 0 Å². The Balaban J connectivity index is 2.98. The number of rotatable bonds is 3. The van der Waals surface area contributed by atoms with Crippen molar-refractivity contribution in [1.29, 1.82) is 0 Å². The molecule has 0 saturated carbocycles. The van der Waals surface area contributed by atoms with Crippen molar-refractivity contribution in [3.63, 3.8) is 0 Å². The molecule has 0 bridgehead atoms. The lowest BCUT2D eigenvalue weighted by Crippen LogP contribution is -2.11. The first-order chi connectivity index (χ1) is 6.15. The van der Waals surface area contributed by atoms with Crippen LogP contribution in [0.1, 0.15) is 22.8 Å². The molecule has 0 atom stereocenters. The van der Waals surface area contributed by atoms with Crippen LogP contribution in [0.25, 0.3) is 0 Å². The van der Waals surface area contributed by atoms with Crippen LogP contribution in [-0.4, -0.2) is 17.6 Å². The highest BCUT2D eigenvalue weighted by atomic mass is 16.3. The summed E-state index contributed by atoms with van der Waals surface area (Å²) in [6, 6.07) is 6.90. The third-order valence-electron chi connectivity index (χ3n) is 1.88. The van der Waals surface area contributed by atoms with E-state index in [4.69, 9.17) is 10.8 Å². The van der Waals surface area contributed by atoms with E-state index in [1.807, 2.05) is 6.07 Å².